The first-order valence-electron chi connectivity index (χ1n) is 7.58. The molecule has 128 valence electrons. The van der Waals surface area contributed by atoms with Crippen LogP contribution >= 0.6 is 0 Å². The smallest absolute Gasteiger partial charge is 0.243 e. The summed E-state index contributed by atoms with van der Waals surface area (Å²) in [7, 11) is -3.81. The fourth-order valence-electron chi connectivity index (χ4n) is 3.30. The van der Waals surface area contributed by atoms with Crippen molar-refractivity contribution in [3.8, 4) is 0 Å². The van der Waals surface area contributed by atoms with Gasteiger partial charge in [0.15, 0.2) is 0 Å². The third kappa shape index (κ3) is 3.01. The number of ether oxygens (including phenoxy) is 1. The highest BCUT2D eigenvalue weighted by Gasteiger charge is 2.46. The molecule has 1 atom stereocenters. The normalized spacial score (nSPS) is 26.9. The van der Waals surface area contributed by atoms with Crippen molar-refractivity contribution in [2.24, 2.45) is 0 Å². The van der Waals surface area contributed by atoms with Crippen LogP contribution in [0.3, 0.4) is 0 Å². The Morgan fingerprint density at radius 3 is 2.78 bits per heavy atom. The quantitative estimate of drug-likeness (QED) is 0.848. The number of hydrogen-bond donors (Lipinski definition) is 1. The lowest BCUT2D eigenvalue weighted by atomic mass is 9.95. The maximum atomic E-state index is 13.6. The standard InChI is InChI=1S/C15H21FN2O4S/c1-12-6-13(16)8-14(7-12)23(20,21)18-3-2-17-4-5-22-11-15(17,9-18)10-19/h6-8,19H,2-5,9-11H2,1H3. The third-order valence-electron chi connectivity index (χ3n) is 4.58. The maximum absolute atomic E-state index is 13.6. The average Bonchev–Trinajstić information content (AvgIpc) is 2.53. The molecule has 1 aromatic carbocycles. The third-order valence-corrected chi connectivity index (χ3v) is 6.41. The van der Waals surface area contributed by atoms with E-state index in [4.69, 9.17) is 4.74 Å². The average molecular weight is 344 g/mol. The van der Waals surface area contributed by atoms with Gasteiger partial charge in [-0.15, -0.1) is 0 Å². The largest absolute Gasteiger partial charge is 0.394 e. The second kappa shape index (κ2) is 6.10. The number of morpholine rings is 1. The molecule has 23 heavy (non-hydrogen) atoms. The maximum Gasteiger partial charge on any atom is 0.243 e. The zero-order valence-corrected chi connectivity index (χ0v) is 13.9. The fourth-order valence-corrected chi connectivity index (χ4v) is 4.93. The van der Waals surface area contributed by atoms with Crippen molar-refractivity contribution in [1.82, 2.24) is 9.21 Å². The molecule has 0 radical (unpaired) electrons. The van der Waals surface area contributed by atoms with Crippen molar-refractivity contribution in [2.45, 2.75) is 17.4 Å². The molecule has 1 unspecified atom stereocenters. The summed E-state index contributed by atoms with van der Waals surface area (Å²) < 4.78 is 46.0. The predicted molar refractivity (Wildman–Crippen MR) is 82.1 cm³/mol. The Morgan fingerprint density at radius 1 is 1.30 bits per heavy atom. The summed E-state index contributed by atoms with van der Waals surface area (Å²) in [5.41, 5.74) is -0.161. The molecule has 2 aliphatic heterocycles. The molecule has 8 heteroatoms. The second-order valence-corrected chi connectivity index (χ2v) is 8.16. The molecule has 1 N–H and O–H groups in total. The van der Waals surface area contributed by atoms with Gasteiger partial charge in [0.05, 0.1) is 30.3 Å². The molecule has 2 aliphatic rings. The number of sulfonamides is 1. The second-order valence-electron chi connectivity index (χ2n) is 6.22. The Hall–Kier alpha value is -1.06. The van der Waals surface area contributed by atoms with Gasteiger partial charge in [-0.25, -0.2) is 12.8 Å². The number of fused-ring (bicyclic) bond motifs is 1. The minimum Gasteiger partial charge on any atom is -0.394 e. The van der Waals surface area contributed by atoms with Crippen molar-refractivity contribution in [2.75, 3.05) is 46.0 Å². The van der Waals surface area contributed by atoms with E-state index < -0.39 is 21.4 Å². The Balaban J connectivity index is 1.91. The molecular formula is C15H21FN2O4S. The topological polar surface area (TPSA) is 70.1 Å². The zero-order chi connectivity index (χ0) is 16.7. The molecule has 0 aromatic heterocycles. The number of piperazine rings is 1. The van der Waals surface area contributed by atoms with Crippen molar-refractivity contribution in [3.05, 3.63) is 29.6 Å². The molecule has 0 amide bonds. The number of halogens is 1. The first-order chi connectivity index (χ1) is 10.9. The summed E-state index contributed by atoms with van der Waals surface area (Å²) in [6, 6.07) is 3.80. The van der Waals surface area contributed by atoms with Gasteiger partial charge in [0, 0.05) is 26.2 Å². The van der Waals surface area contributed by atoms with E-state index >= 15 is 0 Å². The van der Waals surface area contributed by atoms with E-state index in [1.807, 2.05) is 0 Å². The first-order valence-corrected chi connectivity index (χ1v) is 9.02. The Morgan fingerprint density at radius 2 is 2.09 bits per heavy atom. The monoisotopic (exact) mass is 344 g/mol. The number of aryl methyl sites for hydroxylation is 1. The Labute approximate surface area is 135 Å². The molecule has 3 rings (SSSR count). The minimum atomic E-state index is -3.81. The summed E-state index contributed by atoms with van der Waals surface area (Å²) in [5.74, 6) is -0.569. The van der Waals surface area contributed by atoms with E-state index in [0.717, 1.165) is 6.07 Å². The molecule has 2 saturated heterocycles. The van der Waals surface area contributed by atoms with Gasteiger partial charge >= 0.3 is 0 Å². The number of aliphatic hydroxyl groups is 1. The van der Waals surface area contributed by atoms with Crippen LogP contribution in [0.2, 0.25) is 0 Å². The molecule has 2 heterocycles. The molecule has 1 aromatic rings. The number of hydrogen-bond acceptors (Lipinski definition) is 5. The van der Waals surface area contributed by atoms with Gasteiger partial charge < -0.3 is 9.84 Å². The fraction of sp³-hybridized carbons (Fsp3) is 0.600. The molecule has 0 spiro atoms. The van der Waals surface area contributed by atoms with E-state index in [9.17, 15) is 17.9 Å². The van der Waals surface area contributed by atoms with Gasteiger partial charge in [-0.2, -0.15) is 4.31 Å². The van der Waals surface area contributed by atoms with Gasteiger partial charge in [-0.3, -0.25) is 4.90 Å². The van der Waals surface area contributed by atoms with Crippen LogP contribution < -0.4 is 0 Å². The lowest BCUT2D eigenvalue weighted by Gasteiger charge is -2.51. The van der Waals surface area contributed by atoms with Crippen molar-refractivity contribution >= 4 is 10.0 Å². The first kappa shape index (κ1) is 16.8. The molecule has 0 aliphatic carbocycles. The van der Waals surface area contributed by atoms with Crippen LogP contribution in [0, 0.1) is 12.7 Å². The molecule has 0 saturated carbocycles. The van der Waals surface area contributed by atoms with E-state index in [1.54, 1.807) is 6.92 Å². The molecule has 0 bridgehead atoms. The van der Waals surface area contributed by atoms with Crippen LogP contribution in [0.15, 0.2) is 23.1 Å². The van der Waals surface area contributed by atoms with E-state index in [1.165, 1.54) is 16.4 Å². The summed E-state index contributed by atoms with van der Waals surface area (Å²) in [4.78, 5) is 2.03. The van der Waals surface area contributed by atoms with E-state index in [-0.39, 0.29) is 24.7 Å². The van der Waals surface area contributed by atoms with Crippen LogP contribution in [0.1, 0.15) is 5.56 Å². The van der Waals surface area contributed by atoms with Crippen molar-refractivity contribution < 1.29 is 22.7 Å². The summed E-state index contributed by atoms with van der Waals surface area (Å²) >= 11 is 0. The Bertz CT molecular complexity index is 676. The van der Waals surface area contributed by atoms with Gasteiger partial charge in [0.1, 0.15) is 5.82 Å². The van der Waals surface area contributed by atoms with Gasteiger partial charge in [0.2, 0.25) is 10.0 Å². The SMILES string of the molecule is Cc1cc(F)cc(S(=O)(=O)N2CCN3CCOCC3(CO)C2)c1. The van der Waals surface area contributed by atoms with Gasteiger partial charge in [0.25, 0.3) is 0 Å². The highest BCUT2D eigenvalue weighted by Crippen LogP contribution is 2.29. The van der Waals surface area contributed by atoms with Crippen molar-refractivity contribution in [1.29, 1.82) is 0 Å². The van der Waals surface area contributed by atoms with E-state index in [0.29, 0.717) is 31.8 Å². The van der Waals surface area contributed by atoms with Crippen LogP contribution in [0.25, 0.3) is 0 Å². The number of rotatable bonds is 3. The lowest BCUT2D eigenvalue weighted by molar-refractivity contribution is -0.114. The lowest BCUT2D eigenvalue weighted by Crippen LogP contribution is -2.69. The molecule has 6 nitrogen and oxygen atoms in total. The van der Waals surface area contributed by atoms with Crippen LogP contribution in [0.5, 0.6) is 0 Å². The van der Waals surface area contributed by atoms with Crippen LogP contribution in [0.4, 0.5) is 4.39 Å². The summed E-state index contributed by atoms with van der Waals surface area (Å²) in [6.07, 6.45) is 0. The number of nitrogens with zero attached hydrogens (tertiary/aromatic N) is 2. The minimum absolute atomic E-state index is 0.0479. The van der Waals surface area contributed by atoms with Crippen molar-refractivity contribution in [3.63, 3.8) is 0 Å². The summed E-state index contributed by atoms with van der Waals surface area (Å²) in [5, 5.41) is 9.82. The van der Waals surface area contributed by atoms with Gasteiger partial charge in [-0.1, -0.05) is 0 Å². The number of aliphatic hydroxyl groups excluding tert-OH is 1. The van der Waals surface area contributed by atoms with Crippen LogP contribution in [-0.4, -0.2) is 74.3 Å². The Kier molecular flexibility index (Phi) is 4.45. The number of benzene rings is 1. The predicted octanol–water partition coefficient (Wildman–Crippen LogP) is 0.202. The highest BCUT2D eigenvalue weighted by molar-refractivity contribution is 7.89. The molecular weight excluding hydrogens is 323 g/mol. The van der Waals surface area contributed by atoms with E-state index in [2.05, 4.69) is 4.90 Å². The zero-order valence-electron chi connectivity index (χ0n) is 13.0. The highest BCUT2D eigenvalue weighted by atomic mass is 32.2. The summed E-state index contributed by atoms with van der Waals surface area (Å²) in [6.45, 7) is 4.01. The van der Waals surface area contributed by atoms with Gasteiger partial charge in [-0.05, 0) is 30.7 Å². The van der Waals surface area contributed by atoms with Crippen LogP contribution in [-0.2, 0) is 14.8 Å². The molecule has 2 fully saturated rings.